The molecule has 1 unspecified atom stereocenters. The number of rotatable bonds is 10. The van der Waals surface area contributed by atoms with E-state index in [4.69, 9.17) is 42.1 Å². The van der Waals surface area contributed by atoms with Crippen molar-refractivity contribution >= 4 is 23.2 Å². The predicted octanol–water partition coefficient (Wildman–Crippen LogP) is 5.30. The van der Waals surface area contributed by atoms with Crippen molar-refractivity contribution < 1.29 is 18.9 Å². The van der Waals surface area contributed by atoms with Gasteiger partial charge in [0.2, 0.25) is 5.75 Å². The van der Waals surface area contributed by atoms with E-state index < -0.39 is 0 Å². The van der Waals surface area contributed by atoms with Crippen LogP contribution in [0.15, 0.2) is 49.1 Å². The summed E-state index contributed by atoms with van der Waals surface area (Å²) in [7, 11) is 4.76. The van der Waals surface area contributed by atoms with Crippen LogP contribution in [0.2, 0.25) is 10.0 Å². The monoisotopic (exact) mass is 450 g/mol. The van der Waals surface area contributed by atoms with E-state index >= 15 is 0 Å². The molecule has 0 aliphatic heterocycles. The molecule has 30 heavy (non-hydrogen) atoms. The van der Waals surface area contributed by atoms with Crippen molar-refractivity contribution in [2.75, 3.05) is 21.3 Å². The fourth-order valence-electron chi connectivity index (χ4n) is 3.11. The van der Waals surface area contributed by atoms with Crippen LogP contribution in [-0.4, -0.2) is 37.0 Å². The van der Waals surface area contributed by atoms with E-state index in [0.717, 1.165) is 12.0 Å². The van der Waals surface area contributed by atoms with Crippen molar-refractivity contribution in [1.82, 2.24) is 9.55 Å². The minimum absolute atomic E-state index is 0.192. The van der Waals surface area contributed by atoms with Gasteiger partial charge >= 0.3 is 0 Å². The Bertz CT molecular complexity index is 939. The molecule has 0 saturated carbocycles. The van der Waals surface area contributed by atoms with Crippen LogP contribution in [0.25, 0.3) is 0 Å². The van der Waals surface area contributed by atoms with E-state index in [1.807, 2.05) is 22.9 Å². The highest BCUT2D eigenvalue weighted by Crippen LogP contribution is 2.42. The average Bonchev–Trinajstić information content (AvgIpc) is 3.26. The van der Waals surface area contributed by atoms with Crippen molar-refractivity contribution in [3.63, 3.8) is 0 Å². The quantitative estimate of drug-likeness (QED) is 0.419. The summed E-state index contributed by atoms with van der Waals surface area (Å²) in [4.78, 5) is 4.12. The summed E-state index contributed by atoms with van der Waals surface area (Å²) in [6.07, 6.45) is 6.62. The molecule has 8 heteroatoms. The molecule has 0 bridgehead atoms. The molecule has 1 aromatic heterocycles. The Labute approximate surface area is 186 Å². The SMILES string of the molecule is COc1cc(OC)c(OC(CCc2ccc(Cl)cc2Cl)Cn2ccnc2)c(OC)c1. The smallest absolute Gasteiger partial charge is 0.204 e. The van der Waals surface area contributed by atoms with Gasteiger partial charge in [0.15, 0.2) is 11.5 Å². The zero-order valence-electron chi connectivity index (χ0n) is 17.1. The largest absolute Gasteiger partial charge is 0.496 e. The predicted molar refractivity (Wildman–Crippen MR) is 118 cm³/mol. The third-order valence-corrected chi connectivity index (χ3v) is 5.27. The van der Waals surface area contributed by atoms with Gasteiger partial charge in [-0.3, -0.25) is 0 Å². The maximum atomic E-state index is 6.39. The van der Waals surface area contributed by atoms with Gasteiger partial charge in [-0.15, -0.1) is 0 Å². The number of ether oxygens (including phenoxy) is 4. The third-order valence-electron chi connectivity index (χ3n) is 4.68. The number of methoxy groups -OCH3 is 3. The van der Waals surface area contributed by atoms with Gasteiger partial charge < -0.3 is 23.5 Å². The number of imidazole rings is 1. The number of aromatic nitrogens is 2. The Morgan fingerprint density at radius 2 is 1.73 bits per heavy atom. The maximum Gasteiger partial charge on any atom is 0.204 e. The molecule has 0 saturated heterocycles. The summed E-state index contributed by atoms with van der Waals surface area (Å²) in [5, 5.41) is 1.26. The van der Waals surface area contributed by atoms with Crippen molar-refractivity contribution in [3.8, 4) is 23.0 Å². The molecule has 0 N–H and O–H groups in total. The molecule has 1 heterocycles. The molecule has 3 rings (SSSR count). The van der Waals surface area contributed by atoms with Gasteiger partial charge in [0.25, 0.3) is 0 Å². The standard InChI is InChI=1S/C22H24Cl2N2O4/c1-27-18-11-20(28-2)22(21(12-18)29-3)30-17(13-26-9-8-25-14-26)7-5-15-4-6-16(23)10-19(15)24/h4,6,8-12,14,17H,5,7,13H2,1-3H3. The highest BCUT2D eigenvalue weighted by molar-refractivity contribution is 6.35. The van der Waals surface area contributed by atoms with Gasteiger partial charge in [0.05, 0.1) is 34.2 Å². The first-order valence-corrected chi connectivity index (χ1v) is 10.2. The normalized spacial score (nSPS) is 11.8. The fourth-order valence-corrected chi connectivity index (χ4v) is 3.62. The number of halogens is 2. The zero-order valence-corrected chi connectivity index (χ0v) is 18.6. The van der Waals surface area contributed by atoms with Crippen LogP contribution in [0.3, 0.4) is 0 Å². The van der Waals surface area contributed by atoms with Gasteiger partial charge in [-0.1, -0.05) is 29.3 Å². The van der Waals surface area contributed by atoms with Crippen LogP contribution in [0, 0.1) is 0 Å². The molecule has 160 valence electrons. The summed E-state index contributed by atoms with van der Waals surface area (Å²) in [6.45, 7) is 0.601. The van der Waals surface area contributed by atoms with Crippen molar-refractivity contribution in [2.24, 2.45) is 0 Å². The Hall–Kier alpha value is -2.57. The molecule has 3 aromatic rings. The Morgan fingerprint density at radius 1 is 1.00 bits per heavy atom. The van der Waals surface area contributed by atoms with Crippen LogP contribution >= 0.6 is 23.2 Å². The molecular weight excluding hydrogens is 427 g/mol. The first kappa shape index (κ1) is 22.1. The first-order chi connectivity index (χ1) is 14.5. The van der Waals surface area contributed by atoms with E-state index in [9.17, 15) is 0 Å². The topological polar surface area (TPSA) is 54.7 Å². The van der Waals surface area contributed by atoms with E-state index in [1.54, 1.807) is 52.1 Å². The van der Waals surface area contributed by atoms with Crippen molar-refractivity contribution in [2.45, 2.75) is 25.5 Å². The van der Waals surface area contributed by atoms with Crippen molar-refractivity contribution in [1.29, 1.82) is 0 Å². The minimum Gasteiger partial charge on any atom is -0.496 e. The van der Waals surface area contributed by atoms with Crippen LogP contribution in [0.4, 0.5) is 0 Å². The van der Waals surface area contributed by atoms with Gasteiger partial charge in [-0.2, -0.15) is 0 Å². The highest BCUT2D eigenvalue weighted by atomic mass is 35.5. The molecule has 0 aliphatic carbocycles. The third kappa shape index (κ3) is 5.52. The van der Waals surface area contributed by atoms with Crippen molar-refractivity contribution in [3.05, 3.63) is 64.7 Å². The molecule has 0 spiro atoms. The van der Waals surface area contributed by atoms with Crippen LogP contribution in [-0.2, 0) is 13.0 Å². The fraction of sp³-hybridized carbons (Fsp3) is 0.318. The van der Waals surface area contributed by atoms with Gasteiger partial charge in [-0.25, -0.2) is 4.98 Å². The number of hydrogen-bond acceptors (Lipinski definition) is 5. The molecular formula is C22H24Cl2N2O4. The highest BCUT2D eigenvalue weighted by Gasteiger charge is 2.20. The second kappa shape index (κ2) is 10.5. The molecule has 0 aliphatic rings. The summed E-state index contributed by atoms with van der Waals surface area (Å²) in [5.74, 6) is 2.21. The lowest BCUT2D eigenvalue weighted by atomic mass is 10.1. The van der Waals surface area contributed by atoms with E-state index in [1.165, 1.54) is 0 Å². The second-order valence-electron chi connectivity index (χ2n) is 6.63. The Kier molecular flexibility index (Phi) is 7.71. The molecule has 0 radical (unpaired) electrons. The lowest BCUT2D eigenvalue weighted by molar-refractivity contribution is 0.157. The van der Waals surface area contributed by atoms with Gasteiger partial charge in [-0.05, 0) is 30.5 Å². The molecule has 6 nitrogen and oxygen atoms in total. The number of benzene rings is 2. The first-order valence-electron chi connectivity index (χ1n) is 9.40. The van der Waals surface area contributed by atoms with Crippen LogP contribution < -0.4 is 18.9 Å². The van der Waals surface area contributed by atoms with E-state index in [-0.39, 0.29) is 6.10 Å². The average molecular weight is 451 g/mol. The maximum absolute atomic E-state index is 6.39. The minimum atomic E-state index is -0.192. The molecule has 1 atom stereocenters. The summed E-state index contributed by atoms with van der Waals surface area (Å²) < 4.78 is 24.7. The molecule has 0 fully saturated rings. The number of nitrogens with zero attached hydrogens (tertiary/aromatic N) is 2. The number of hydrogen-bond donors (Lipinski definition) is 0. The van der Waals surface area contributed by atoms with Crippen LogP contribution in [0.1, 0.15) is 12.0 Å². The van der Waals surface area contributed by atoms with Gasteiger partial charge in [0, 0.05) is 34.6 Å². The molecule has 0 amide bonds. The zero-order chi connectivity index (χ0) is 21.5. The molecule has 2 aromatic carbocycles. The number of aryl methyl sites for hydroxylation is 1. The Morgan fingerprint density at radius 3 is 2.30 bits per heavy atom. The summed E-state index contributed by atoms with van der Waals surface area (Å²) in [6, 6.07) is 9.06. The summed E-state index contributed by atoms with van der Waals surface area (Å²) in [5.41, 5.74) is 1.01. The van der Waals surface area contributed by atoms with Crippen LogP contribution in [0.5, 0.6) is 23.0 Å². The lowest BCUT2D eigenvalue weighted by Crippen LogP contribution is -2.24. The Balaban J connectivity index is 1.85. The summed E-state index contributed by atoms with van der Waals surface area (Å²) >= 11 is 12.4. The second-order valence-corrected chi connectivity index (χ2v) is 7.48. The lowest BCUT2D eigenvalue weighted by Gasteiger charge is -2.23. The van der Waals surface area contributed by atoms with E-state index in [2.05, 4.69) is 4.98 Å². The van der Waals surface area contributed by atoms with Gasteiger partial charge in [0.1, 0.15) is 11.9 Å². The van der Waals surface area contributed by atoms with E-state index in [0.29, 0.717) is 46.0 Å².